The highest BCUT2D eigenvalue weighted by molar-refractivity contribution is 6.35. The van der Waals surface area contributed by atoms with Gasteiger partial charge in [-0.2, -0.15) is 0 Å². The molecule has 0 saturated heterocycles. The summed E-state index contributed by atoms with van der Waals surface area (Å²) < 4.78 is 5.68. The summed E-state index contributed by atoms with van der Waals surface area (Å²) in [7, 11) is 0. The third kappa shape index (κ3) is 5.34. The summed E-state index contributed by atoms with van der Waals surface area (Å²) >= 11 is 0. The van der Waals surface area contributed by atoms with Gasteiger partial charge in [-0.05, 0) is 0 Å². The van der Waals surface area contributed by atoms with Gasteiger partial charge >= 0.3 is 0 Å². The molecule has 0 radical (unpaired) electrons. The van der Waals surface area contributed by atoms with Crippen LogP contribution in [-0.4, -0.2) is 148 Å². The zero-order chi connectivity index (χ0) is 58.9. The summed E-state index contributed by atoms with van der Waals surface area (Å²) in [6.07, 6.45) is 0. The molecule has 80 heavy (non-hydrogen) atoms. The normalized spacial score (nSPS) is 14.1. The van der Waals surface area contributed by atoms with Crippen molar-refractivity contribution in [1.29, 1.82) is 0 Å². The van der Waals surface area contributed by atoms with Gasteiger partial charge < -0.3 is 153 Å². The number of aliphatic hydroxyl groups is 1. The minimum Gasteiger partial charge on any atom is -0.507 e. The fourth-order valence-electron chi connectivity index (χ4n) is 10.6. The number of aromatic hydroxyl groups is 28. The van der Waals surface area contributed by atoms with Crippen molar-refractivity contribution < 1.29 is 153 Å². The van der Waals surface area contributed by atoms with E-state index in [1.807, 2.05) is 0 Å². The molecular weight excluding hydrogens is 1080 g/mol. The summed E-state index contributed by atoms with van der Waals surface area (Å²) in [5.41, 5.74) is -13.5. The lowest BCUT2D eigenvalue weighted by molar-refractivity contribution is 0.0870. The van der Waals surface area contributed by atoms with Crippen LogP contribution in [0.3, 0.4) is 0 Å². The van der Waals surface area contributed by atoms with E-state index in [-0.39, 0.29) is 0 Å². The maximum atomic E-state index is 12.1. The molecule has 31 nitrogen and oxygen atoms in total. The SMILES string of the molecule is NC1(O)c2c(O)c(O)c(O)c(O)c2-c2c(O)c(O)c(-c3c(O)c(O)c(-c4c5c(O)c(O)c(O)c(O)c5c(-c5c(O)c(O)c(O)c6oc7c8c(O)c(O)c(O)c(O)c8c(O)c(O)c7c56)c5c(O)c(O)c(O)c(O)c45)c(O)c3O)c(O)c21. The van der Waals surface area contributed by atoms with Crippen molar-refractivity contribution in [2.75, 3.05) is 0 Å². The maximum absolute atomic E-state index is 12.1. The van der Waals surface area contributed by atoms with Crippen LogP contribution in [0.25, 0.3) is 98.8 Å². The van der Waals surface area contributed by atoms with Gasteiger partial charge in [-0.3, -0.25) is 5.73 Å². The summed E-state index contributed by atoms with van der Waals surface area (Å²) in [4.78, 5) is 0. The molecule has 0 bridgehead atoms. The van der Waals surface area contributed by atoms with Crippen molar-refractivity contribution >= 4 is 54.3 Å². The molecule has 0 aliphatic heterocycles. The molecule has 1 aliphatic carbocycles. The average Bonchev–Trinajstić information content (AvgIpc) is 4.11. The number of rotatable bonds is 3. The summed E-state index contributed by atoms with van der Waals surface area (Å²) in [6.45, 7) is 0. The van der Waals surface area contributed by atoms with Gasteiger partial charge in [0, 0.05) is 54.7 Å². The van der Waals surface area contributed by atoms with E-state index >= 15 is 0 Å². The molecule has 0 amide bonds. The van der Waals surface area contributed by atoms with Crippen LogP contribution in [-0.2, 0) is 5.72 Å². The summed E-state index contributed by atoms with van der Waals surface area (Å²) in [5.74, 6) is -47.4. The first-order chi connectivity index (χ1) is 37.2. The number of phenols is 28. The maximum Gasteiger partial charge on any atom is 0.205 e. The molecule has 0 saturated carbocycles. The number of nitrogens with two attached hydrogens (primary N) is 1. The minimum atomic E-state index is -3.43. The standard InChI is InChI=1S/C49H31NO30/c50-49(79)17-9(10-18(49)36(68)45(77)41(73)26(10)58)25(57)29(61)12(19(17)51)13-30(62)27(59)11(28(60)31(13)63)2-5-3(20(52)37(69)39(71)22(5)54)1(4-6(2)23(55)40(72)38(70)21(4)53)7-8-15-34(66)32(64)14-16(35(67)43(75)42(74)33(14)65)47(15)80-48(8)46(78)44(76)24(7)56/h51-79H,50H2. The van der Waals surface area contributed by atoms with Crippen molar-refractivity contribution in [3.63, 3.8) is 0 Å². The zero-order valence-electron chi connectivity index (χ0n) is 38.5. The Morgan fingerprint density at radius 2 is 0.425 bits per heavy atom. The van der Waals surface area contributed by atoms with E-state index in [0.29, 0.717) is 0 Å². The Labute approximate surface area is 434 Å². The molecule has 0 spiro atoms. The van der Waals surface area contributed by atoms with E-state index in [1.165, 1.54) is 0 Å². The smallest absolute Gasteiger partial charge is 0.205 e. The van der Waals surface area contributed by atoms with E-state index in [4.69, 9.17) is 10.2 Å². The molecule has 412 valence electrons. The van der Waals surface area contributed by atoms with E-state index in [1.54, 1.807) is 0 Å². The van der Waals surface area contributed by atoms with Crippen molar-refractivity contribution in [3.8, 4) is 205 Å². The van der Waals surface area contributed by atoms with Gasteiger partial charge in [0.05, 0.1) is 44.0 Å². The van der Waals surface area contributed by atoms with Crippen LogP contribution < -0.4 is 5.73 Å². The largest absolute Gasteiger partial charge is 0.507 e. The molecule has 1 aliphatic rings. The van der Waals surface area contributed by atoms with Crippen LogP contribution in [0.15, 0.2) is 4.42 Å². The van der Waals surface area contributed by atoms with E-state index in [9.17, 15) is 148 Å². The molecule has 0 fully saturated rings. The average molecular weight is 1110 g/mol. The van der Waals surface area contributed by atoms with Crippen LogP contribution in [0.4, 0.5) is 0 Å². The molecular formula is C49H31NO30. The summed E-state index contributed by atoms with van der Waals surface area (Å²) in [6, 6.07) is 0. The van der Waals surface area contributed by atoms with Crippen molar-refractivity contribution in [2.45, 2.75) is 5.72 Å². The number of phenolic OH excluding ortho intramolecular Hbond substituents is 28. The highest BCUT2D eigenvalue weighted by Gasteiger charge is 2.51. The van der Waals surface area contributed by atoms with Gasteiger partial charge in [-0.25, -0.2) is 0 Å². The van der Waals surface area contributed by atoms with E-state index in [2.05, 4.69) is 0 Å². The minimum absolute atomic E-state index is 1.05. The second-order valence-electron chi connectivity index (χ2n) is 18.0. The molecule has 31 heteroatoms. The lowest BCUT2D eigenvalue weighted by atomic mass is 9.81. The quantitative estimate of drug-likeness (QED) is 0.0515. The molecule has 1 atom stereocenters. The Morgan fingerprint density at radius 1 is 0.188 bits per heavy atom. The van der Waals surface area contributed by atoms with Gasteiger partial charge in [0.25, 0.3) is 0 Å². The number of benzene rings is 9. The monoisotopic (exact) mass is 1110 g/mol. The highest BCUT2D eigenvalue weighted by atomic mass is 16.4. The number of hydrogen-bond donors (Lipinski definition) is 30. The van der Waals surface area contributed by atoms with Crippen molar-refractivity contribution in [2.24, 2.45) is 5.73 Å². The van der Waals surface area contributed by atoms with Crippen molar-refractivity contribution in [3.05, 3.63) is 11.1 Å². The lowest BCUT2D eigenvalue weighted by Gasteiger charge is -2.25. The van der Waals surface area contributed by atoms with E-state index < -0.39 is 277 Å². The van der Waals surface area contributed by atoms with Crippen LogP contribution in [0, 0.1) is 0 Å². The second kappa shape index (κ2) is 15.0. The highest BCUT2D eigenvalue weighted by Crippen LogP contribution is 2.71. The first-order valence-corrected chi connectivity index (χ1v) is 21.7. The fraction of sp³-hybridized carbons (Fsp3) is 0.0204. The third-order valence-electron chi connectivity index (χ3n) is 14.1. The van der Waals surface area contributed by atoms with Gasteiger partial charge in [0.15, 0.2) is 115 Å². The molecule has 9 aromatic carbocycles. The molecule has 1 heterocycles. The molecule has 11 rings (SSSR count). The Balaban J connectivity index is 1.35. The predicted molar refractivity (Wildman–Crippen MR) is 262 cm³/mol. The van der Waals surface area contributed by atoms with Gasteiger partial charge in [0.2, 0.25) is 57.5 Å². The molecule has 31 N–H and O–H groups in total. The summed E-state index contributed by atoms with van der Waals surface area (Å²) in [5, 5.41) is 318. The van der Waals surface area contributed by atoms with Gasteiger partial charge in [0.1, 0.15) is 5.75 Å². The second-order valence-corrected chi connectivity index (χ2v) is 18.0. The Hall–Kier alpha value is -12.1. The molecule has 1 unspecified atom stereocenters. The molecule has 10 aromatic rings. The third-order valence-corrected chi connectivity index (χ3v) is 14.1. The van der Waals surface area contributed by atoms with Crippen LogP contribution in [0.2, 0.25) is 0 Å². The van der Waals surface area contributed by atoms with Crippen LogP contribution >= 0.6 is 0 Å². The molecule has 1 aromatic heterocycles. The van der Waals surface area contributed by atoms with E-state index in [0.717, 1.165) is 0 Å². The van der Waals surface area contributed by atoms with Crippen LogP contribution in [0.1, 0.15) is 11.1 Å². The van der Waals surface area contributed by atoms with Gasteiger partial charge in [-0.1, -0.05) is 0 Å². The Bertz CT molecular complexity index is 4600. The first-order valence-electron chi connectivity index (χ1n) is 21.7. The van der Waals surface area contributed by atoms with Gasteiger partial charge in [-0.15, -0.1) is 0 Å². The topological polar surface area (TPSA) is 626 Å². The van der Waals surface area contributed by atoms with Crippen LogP contribution in [0.5, 0.6) is 161 Å². The number of hydrogen-bond acceptors (Lipinski definition) is 31. The zero-order valence-corrected chi connectivity index (χ0v) is 38.5. The number of fused-ring (bicyclic) bond motifs is 10. The predicted octanol–water partition coefficient (Wildman–Crippen LogP) is 3.94. The Kier molecular flexibility index (Phi) is 9.42. The first kappa shape index (κ1) is 50.1. The van der Waals surface area contributed by atoms with Crippen molar-refractivity contribution in [1.82, 2.24) is 0 Å². The fourth-order valence-corrected chi connectivity index (χ4v) is 10.6. The lowest BCUT2D eigenvalue weighted by Crippen LogP contribution is -2.35. The number of furan rings is 1. The Morgan fingerprint density at radius 3 is 0.850 bits per heavy atom.